The monoisotopic (exact) mass is 318 g/mol. The van der Waals surface area contributed by atoms with E-state index in [0.29, 0.717) is 29.4 Å². The highest BCUT2D eigenvalue weighted by Crippen LogP contribution is 2.17. The van der Waals surface area contributed by atoms with Gasteiger partial charge in [0.25, 0.3) is 5.56 Å². The normalized spacial score (nSPS) is 11.7. The predicted octanol–water partition coefficient (Wildman–Crippen LogP) is 2.66. The van der Waals surface area contributed by atoms with Crippen LogP contribution in [0.15, 0.2) is 34.2 Å². The number of aromatic hydroxyl groups is 1. The van der Waals surface area contributed by atoms with Crippen LogP contribution in [-0.4, -0.2) is 24.9 Å². The lowest BCUT2D eigenvalue weighted by molar-refractivity contribution is 0.399. The van der Waals surface area contributed by atoms with Crippen LogP contribution in [0.5, 0.6) is 5.88 Å². The van der Waals surface area contributed by atoms with Crippen molar-refractivity contribution in [3.05, 3.63) is 45.1 Å². The molecule has 0 fully saturated rings. The highest BCUT2D eigenvalue weighted by molar-refractivity contribution is 7.71. The number of aliphatic imine (C=N–C) groups is 1. The van der Waals surface area contributed by atoms with Crippen molar-refractivity contribution in [3.8, 4) is 5.88 Å². The van der Waals surface area contributed by atoms with Gasteiger partial charge < -0.3 is 5.11 Å². The summed E-state index contributed by atoms with van der Waals surface area (Å²) in [6, 6.07) is 5.32. The molecule has 0 radical (unpaired) electrons. The molecule has 0 spiro atoms. The van der Waals surface area contributed by atoms with E-state index in [4.69, 9.17) is 12.2 Å². The van der Waals surface area contributed by atoms with Crippen molar-refractivity contribution >= 4 is 23.7 Å². The van der Waals surface area contributed by atoms with Crippen LogP contribution in [0.25, 0.3) is 0 Å². The van der Waals surface area contributed by atoms with E-state index in [1.807, 2.05) is 19.9 Å². The van der Waals surface area contributed by atoms with E-state index in [2.05, 4.69) is 9.98 Å². The van der Waals surface area contributed by atoms with Crippen molar-refractivity contribution in [2.75, 3.05) is 0 Å². The maximum atomic E-state index is 12.6. The fraction of sp³-hybridized carbons (Fsp3) is 0.333. The summed E-state index contributed by atoms with van der Waals surface area (Å²) < 4.78 is 3.28. The van der Waals surface area contributed by atoms with E-state index in [0.717, 1.165) is 0 Å². The summed E-state index contributed by atoms with van der Waals surface area (Å²) in [6.45, 7) is 6.27. The summed E-state index contributed by atoms with van der Waals surface area (Å²) in [4.78, 5) is 21.0. The Kier molecular flexibility index (Phi) is 4.87. The van der Waals surface area contributed by atoms with Gasteiger partial charge in [0.15, 0.2) is 10.6 Å². The number of pyridine rings is 1. The SMILES string of the molecule is CCn1c(O)c(/C(C)=N/c2ccccn2)c(=O)n(CC)c1=S. The first-order valence-corrected chi connectivity index (χ1v) is 7.45. The van der Waals surface area contributed by atoms with Gasteiger partial charge in [0, 0.05) is 19.3 Å². The molecular formula is C15H18N4O2S. The molecule has 0 aromatic carbocycles. The van der Waals surface area contributed by atoms with Gasteiger partial charge in [-0.3, -0.25) is 13.9 Å². The van der Waals surface area contributed by atoms with Crippen LogP contribution in [0, 0.1) is 4.77 Å². The number of rotatable bonds is 4. The van der Waals surface area contributed by atoms with Gasteiger partial charge in [0.1, 0.15) is 5.56 Å². The molecule has 2 heterocycles. The fourth-order valence-corrected chi connectivity index (χ4v) is 2.64. The molecule has 0 saturated heterocycles. The van der Waals surface area contributed by atoms with Crippen LogP contribution >= 0.6 is 12.2 Å². The molecule has 0 saturated carbocycles. The number of nitrogens with zero attached hydrogens (tertiary/aromatic N) is 4. The maximum Gasteiger partial charge on any atom is 0.267 e. The van der Waals surface area contributed by atoms with Crippen LogP contribution in [0.1, 0.15) is 26.3 Å². The van der Waals surface area contributed by atoms with Crippen molar-refractivity contribution in [2.24, 2.45) is 4.99 Å². The second-order valence-corrected chi connectivity index (χ2v) is 5.03. The largest absolute Gasteiger partial charge is 0.494 e. The number of hydrogen-bond donors (Lipinski definition) is 1. The molecule has 2 aromatic rings. The Balaban J connectivity index is 2.73. The summed E-state index contributed by atoms with van der Waals surface area (Å²) in [5.41, 5.74) is 0.218. The minimum Gasteiger partial charge on any atom is -0.494 e. The van der Waals surface area contributed by atoms with Crippen molar-refractivity contribution < 1.29 is 5.11 Å². The van der Waals surface area contributed by atoms with E-state index in [9.17, 15) is 9.90 Å². The first-order valence-electron chi connectivity index (χ1n) is 7.04. The Hall–Kier alpha value is -2.28. The van der Waals surface area contributed by atoms with Gasteiger partial charge in [-0.15, -0.1) is 0 Å². The van der Waals surface area contributed by atoms with Crippen molar-refractivity contribution in [2.45, 2.75) is 33.9 Å². The van der Waals surface area contributed by atoms with Crippen LogP contribution < -0.4 is 5.56 Å². The van der Waals surface area contributed by atoms with Gasteiger partial charge in [0.05, 0.1) is 5.71 Å². The third kappa shape index (κ3) is 2.85. The third-order valence-electron chi connectivity index (χ3n) is 3.33. The zero-order valence-electron chi connectivity index (χ0n) is 12.8. The molecule has 0 atom stereocenters. The molecule has 0 unspecified atom stereocenters. The smallest absolute Gasteiger partial charge is 0.267 e. The average molecular weight is 318 g/mol. The molecule has 1 N–H and O–H groups in total. The lowest BCUT2D eigenvalue weighted by Crippen LogP contribution is -2.29. The van der Waals surface area contributed by atoms with E-state index in [-0.39, 0.29) is 17.0 Å². The predicted molar refractivity (Wildman–Crippen MR) is 88.6 cm³/mol. The molecule has 0 aliphatic heterocycles. The van der Waals surface area contributed by atoms with Gasteiger partial charge in [0.2, 0.25) is 5.88 Å². The molecule has 0 aliphatic rings. The Bertz CT molecular complexity index is 822. The van der Waals surface area contributed by atoms with Crippen LogP contribution in [0.2, 0.25) is 0 Å². The Morgan fingerprint density at radius 1 is 1.32 bits per heavy atom. The Morgan fingerprint density at radius 3 is 2.55 bits per heavy atom. The molecule has 6 nitrogen and oxygen atoms in total. The van der Waals surface area contributed by atoms with E-state index in [1.54, 1.807) is 25.3 Å². The summed E-state index contributed by atoms with van der Waals surface area (Å²) in [7, 11) is 0. The highest BCUT2D eigenvalue weighted by atomic mass is 32.1. The molecule has 0 bridgehead atoms. The summed E-state index contributed by atoms with van der Waals surface area (Å²) in [6.07, 6.45) is 1.62. The van der Waals surface area contributed by atoms with Gasteiger partial charge in [-0.2, -0.15) is 0 Å². The van der Waals surface area contributed by atoms with Crippen molar-refractivity contribution in [3.63, 3.8) is 0 Å². The van der Waals surface area contributed by atoms with Gasteiger partial charge in [-0.25, -0.2) is 9.98 Å². The molecule has 116 valence electrons. The Labute approximate surface area is 133 Å². The van der Waals surface area contributed by atoms with Crippen molar-refractivity contribution in [1.82, 2.24) is 14.1 Å². The van der Waals surface area contributed by atoms with E-state index in [1.165, 1.54) is 9.13 Å². The molecule has 7 heteroatoms. The molecular weight excluding hydrogens is 300 g/mol. The molecule has 22 heavy (non-hydrogen) atoms. The van der Waals surface area contributed by atoms with Gasteiger partial charge >= 0.3 is 0 Å². The second-order valence-electron chi connectivity index (χ2n) is 4.66. The third-order valence-corrected chi connectivity index (χ3v) is 3.77. The maximum absolute atomic E-state index is 12.6. The first-order chi connectivity index (χ1) is 10.5. The first kappa shape index (κ1) is 16.1. The second kappa shape index (κ2) is 6.65. The van der Waals surface area contributed by atoms with Crippen LogP contribution in [0.3, 0.4) is 0 Å². The van der Waals surface area contributed by atoms with Crippen LogP contribution in [0.4, 0.5) is 5.82 Å². The summed E-state index contributed by atoms with van der Waals surface area (Å²) in [5, 5.41) is 10.4. The molecule has 0 amide bonds. The standard InChI is InChI=1S/C15H18N4O2S/c1-4-18-13(20)12(14(21)19(5-2)15(18)22)10(3)17-11-8-6-7-9-16-11/h6-9,20H,4-5H2,1-3H3/b17-10+. The number of hydrogen-bond acceptors (Lipinski definition) is 5. The van der Waals surface area contributed by atoms with Gasteiger partial charge in [-0.05, 0) is 45.1 Å². The van der Waals surface area contributed by atoms with Crippen molar-refractivity contribution in [1.29, 1.82) is 0 Å². The molecule has 0 aliphatic carbocycles. The minimum atomic E-state index is -0.341. The zero-order valence-corrected chi connectivity index (χ0v) is 13.6. The van der Waals surface area contributed by atoms with Gasteiger partial charge in [-0.1, -0.05) is 6.07 Å². The Morgan fingerprint density at radius 2 is 2.00 bits per heavy atom. The quantitative estimate of drug-likeness (QED) is 0.695. The average Bonchev–Trinajstić information content (AvgIpc) is 2.49. The molecule has 2 rings (SSSR count). The van der Waals surface area contributed by atoms with E-state index >= 15 is 0 Å². The lowest BCUT2D eigenvalue weighted by Gasteiger charge is -2.15. The molecule has 2 aromatic heterocycles. The minimum absolute atomic E-state index is 0.153. The van der Waals surface area contributed by atoms with E-state index < -0.39 is 0 Å². The summed E-state index contributed by atoms with van der Waals surface area (Å²) in [5.74, 6) is 0.326. The number of aromatic nitrogens is 3. The lowest BCUT2D eigenvalue weighted by atomic mass is 10.2. The topological polar surface area (TPSA) is 72.4 Å². The fourth-order valence-electron chi connectivity index (χ4n) is 2.22. The zero-order chi connectivity index (χ0) is 16.3. The highest BCUT2D eigenvalue weighted by Gasteiger charge is 2.18. The van der Waals surface area contributed by atoms with Crippen LogP contribution in [-0.2, 0) is 13.1 Å². The summed E-state index contributed by atoms with van der Waals surface area (Å²) >= 11 is 5.25.